The Kier molecular flexibility index (Phi) is 10.8. The summed E-state index contributed by atoms with van der Waals surface area (Å²) in [5, 5.41) is 0. The molecule has 6 rings (SSSR count). The van der Waals surface area contributed by atoms with E-state index in [1.807, 2.05) is 0 Å². The zero-order valence-corrected chi connectivity index (χ0v) is 26.7. The van der Waals surface area contributed by atoms with Crippen molar-refractivity contribution in [3.8, 4) is 0 Å². The van der Waals surface area contributed by atoms with Gasteiger partial charge in [-0.15, -0.1) is 0 Å². The van der Waals surface area contributed by atoms with E-state index in [9.17, 15) is 0 Å². The molecule has 0 spiro atoms. The van der Waals surface area contributed by atoms with Gasteiger partial charge < -0.3 is 4.90 Å². The van der Waals surface area contributed by atoms with Crippen molar-refractivity contribution in [2.24, 2.45) is 0 Å². The summed E-state index contributed by atoms with van der Waals surface area (Å²) >= 11 is 0. The quantitative estimate of drug-likeness (QED) is 0.135. The largest absolute Gasteiger partial charge is 0.375 e. The predicted molar refractivity (Wildman–Crippen MR) is 197 cm³/mol. The van der Waals surface area contributed by atoms with Gasteiger partial charge in [0.2, 0.25) is 0 Å². The maximum atomic E-state index is 2.26. The molecule has 0 N–H and O–H groups in total. The molecule has 45 heavy (non-hydrogen) atoms. The molecule has 0 aliphatic carbocycles. The van der Waals surface area contributed by atoms with E-state index in [0.29, 0.717) is 0 Å². The molecule has 0 aliphatic rings. The molecule has 224 valence electrons. The normalized spacial score (nSPS) is 11.1. The Hall–Kier alpha value is -5.15. The van der Waals surface area contributed by atoms with Crippen LogP contribution >= 0.6 is 0 Å². The lowest BCUT2D eigenvalue weighted by Crippen LogP contribution is -2.74. The molecule has 1 heterocycles. The summed E-state index contributed by atoms with van der Waals surface area (Å²) in [4.78, 5) is 2.23. The number of aromatic nitrogens is 1. The van der Waals surface area contributed by atoms with E-state index >= 15 is 0 Å². The molecule has 5 aromatic carbocycles. The third-order valence-corrected chi connectivity index (χ3v) is 8.76. The lowest BCUT2D eigenvalue weighted by atomic mass is 9.13. The van der Waals surface area contributed by atoms with E-state index in [-0.39, 0.29) is 0 Å². The third-order valence-electron chi connectivity index (χ3n) is 8.76. The Morgan fingerprint density at radius 2 is 0.844 bits per heavy atom. The Balaban J connectivity index is 0.000000183. The molecule has 0 unspecified atom stereocenters. The smallest absolute Gasteiger partial charge is 0.169 e. The molecule has 1 aromatic heterocycles. The zero-order valence-electron chi connectivity index (χ0n) is 26.7. The number of nitrogens with zero attached hydrogens (tertiary/aromatic N) is 2. The van der Waals surface area contributed by atoms with Crippen LogP contribution in [-0.2, 0) is 6.54 Å². The maximum Gasteiger partial charge on any atom is 0.169 e. The molecular weight excluding hydrogens is 543 g/mol. The monoisotopic (exact) mass is 586 g/mol. The molecule has 0 amide bonds. The summed E-state index contributed by atoms with van der Waals surface area (Å²) in [6.07, 6.45) is 7.31. The van der Waals surface area contributed by atoms with Crippen LogP contribution in [0.5, 0.6) is 0 Å². The van der Waals surface area contributed by atoms with Crippen molar-refractivity contribution in [3.05, 3.63) is 181 Å². The van der Waals surface area contributed by atoms with Crippen LogP contribution in [0.2, 0.25) is 0 Å². The predicted octanol–water partition coefficient (Wildman–Crippen LogP) is 6.68. The van der Waals surface area contributed by atoms with Gasteiger partial charge in [0.15, 0.2) is 12.4 Å². The van der Waals surface area contributed by atoms with Gasteiger partial charge in [0, 0.05) is 31.4 Å². The third kappa shape index (κ3) is 7.51. The van der Waals surface area contributed by atoms with Crippen LogP contribution in [0, 0.1) is 0 Å². The van der Waals surface area contributed by atoms with E-state index < -0.39 is 6.15 Å². The van der Waals surface area contributed by atoms with Gasteiger partial charge in [0.25, 0.3) is 0 Å². The SMILES string of the molecule is CCN(C)c1ccc(/C=C/c2cc[n+](CC)cc2)cc1.c1ccc([B-](c2ccccc2)(c2ccccc2)c2ccccc2)cc1. The van der Waals surface area contributed by atoms with Gasteiger partial charge in [0.05, 0.1) is 0 Å². The highest BCUT2D eigenvalue weighted by Crippen LogP contribution is 2.15. The number of anilines is 1. The fraction of sp³-hybridized carbons (Fsp3) is 0.119. The highest BCUT2D eigenvalue weighted by Gasteiger charge is 2.31. The number of benzene rings is 5. The molecule has 2 nitrogen and oxygen atoms in total. The lowest BCUT2D eigenvalue weighted by molar-refractivity contribution is -0.693. The van der Waals surface area contributed by atoms with Crippen molar-refractivity contribution in [2.75, 3.05) is 18.5 Å². The molecule has 0 fully saturated rings. The number of aryl methyl sites for hydroxylation is 1. The van der Waals surface area contributed by atoms with Crippen LogP contribution in [0.15, 0.2) is 170 Å². The first-order valence-electron chi connectivity index (χ1n) is 16.0. The Morgan fingerprint density at radius 1 is 0.489 bits per heavy atom. The van der Waals surface area contributed by atoms with Crippen molar-refractivity contribution in [3.63, 3.8) is 0 Å². The van der Waals surface area contributed by atoms with Gasteiger partial charge in [-0.25, -0.2) is 4.57 Å². The van der Waals surface area contributed by atoms with Gasteiger partial charge in [-0.05, 0) is 37.1 Å². The highest BCUT2D eigenvalue weighted by atomic mass is 15.1. The Bertz CT molecular complexity index is 1570. The summed E-state index contributed by atoms with van der Waals surface area (Å²) in [7, 11) is 2.11. The topological polar surface area (TPSA) is 7.12 Å². The highest BCUT2D eigenvalue weighted by molar-refractivity contribution is 7.19. The molecule has 0 atom stereocenters. The minimum atomic E-state index is -1.22. The fourth-order valence-corrected chi connectivity index (χ4v) is 6.13. The Labute approximate surface area is 269 Å². The van der Waals surface area contributed by atoms with E-state index in [1.54, 1.807) is 0 Å². The Morgan fingerprint density at radius 3 is 1.18 bits per heavy atom. The standard InChI is InChI=1S/C24H20B.C18H23N2/c1-5-13-21(14-6-1)25(22-15-7-2-8-16-22,23-17-9-3-10-18-23)24-19-11-4-12-20-24;1-4-19(3)18-10-8-16(9-11-18)6-7-17-12-14-20(5-2)15-13-17/h1-20H;6-15H,4-5H2,1-3H3/q-1;+1. The fourth-order valence-electron chi connectivity index (χ4n) is 6.13. The van der Waals surface area contributed by atoms with Crippen molar-refractivity contribution < 1.29 is 4.57 Å². The van der Waals surface area contributed by atoms with Gasteiger partial charge in [-0.1, -0.05) is 146 Å². The second-order valence-corrected chi connectivity index (χ2v) is 11.4. The summed E-state index contributed by atoms with van der Waals surface area (Å²) in [6, 6.07) is 56.5. The molecule has 0 aliphatic heterocycles. The molecule has 6 aromatic rings. The summed E-state index contributed by atoms with van der Waals surface area (Å²) < 4.78 is 2.16. The van der Waals surface area contributed by atoms with Crippen molar-refractivity contribution in [2.45, 2.75) is 20.4 Å². The second-order valence-electron chi connectivity index (χ2n) is 11.4. The zero-order chi connectivity index (χ0) is 31.3. The first-order valence-corrected chi connectivity index (χ1v) is 16.0. The van der Waals surface area contributed by atoms with Gasteiger partial charge in [-0.2, -0.15) is 21.9 Å². The maximum absolute atomic E-state index is 2.26. The molecule has 0 saturated carbocycles. The van der Waals surface area contributed by atoms with Crippen LogP contribution in [0.25, 0.3) is 12.2 Å². The molecule has 0 bridgehead atoms. The lowest BCUT2D eigenvalue weighted by Gasteiger charge is -2.44. The van der Waals surface area contributed by atoms with Crippen LogP contribution in [0.1, 0.15) is 25.0 Å². The average molecular weight is 587 g/mol. The average Bonchev–Trinajstić information content (AvgIpc) is 3.13. The van der Waals surface area contributed by atoms with Gasteiger partial charge in [0.1, 0.15) is 12.7 Å². The van der Waals surface area contributed by atoms with Crippen LogP contribution in [0.3, 0.4) is 0 Å². The van der Waals surface area contributed by atoms with Crippen molar-refractivity contribution in [1.29, 1.82) is 0 Å². The van der Waals surface area contributed by atoms with Gasteiger partial charge >= 0.3 is 0 Å². The number of hydrogen-bond donors (Lipinski definition) is 0. The molecule has 0 saturated heterocycles. The minimum absolute atomic E-state index is 1.01. The van der Waals surface area contributed by atoms with Crippen LogP contribution < -0.4 is 31.3 Å². The van der Waals surface area contributed by atoms with E-state index in [1.165, 1.54) is 38.7 Å². The summed E-state index contributed by atoms with van der Waals surface area (Å²) in [5.41, 5.74) is 9.07. The van der Waals surface area contributed by atoms with E-state index in [0.717, 1.165) is 13.1 Å². The van der Waals surface area contributed by atoms with Crippen LogP contribution in [-0.4, -0.2) is 19.7 Å². The minimum Gasteiger partial charge on any atom is -0.375 e. The summed E-state index contributed by atoms with van der Waals surface area (Å²) in [5.74, 6) is 0. The molecule has 3 heteroatoms. The number of pyridine rings is 1. The van der Waals surface area contributed by atoms with Crippen LogP contribution in [0.4, 0.5) is 5.69 Å². The van der Waals surface area contributed by atoms with E-state index in [4.69, 9.17) is 0 Å². The number of rotatable bonds is 9. The first kappa shape index (κ1) is 31.3. The van der Waals surface area contributed by atoms with Crippen molar-refractivity contribution >= 4 is 45.8 Å². The second kappa shape index (κ2) is 15.5. The van der Waals surface area contributed by atoms with E-state index in [2.05, 4.69) is 213 Å². The first-order chi connectivity index (χ1) is 22.1. The van der Waals surface area contributed by atoms with Crippen molar-refractivity contribution in [1.82, 2.24) is 0 Å². The number of hydrogen-bond acceptors (Lipinski definition) is 1. The molecular formula is C42H43BN2. The molecule has 0 radical (unpaired) electrons. The van der Waals surface area contributed by atoms with Gasteiger partial charge in [-0.3, -0.25) is 0 Å². The summed E-state index contributed by atoms with van der Waals surface area (Å²) in [6.45, 7) is 6.34.